The second kappa shape index (κ2) is 4.52. The van der Waals surface area contributed by atoms with E-state index in [4.69, 9.17) is 16.2 Å². The van der Waals surface area contributed by atoms with Crippen LogP contribution in [0.5, 0.6) is 5.88 Å². The minimum absolute atomic E-state index is 0.155. The van der Waals surface area contributed by atoms with Gasteiger partial charge in [0.05, 0.1) is 0 Å². The third-order valence-corrected chi connectivity index (χ3v) is 2.69. The number of nitrogen functional groups attached to an aromatic ring is 2. The molecular weight excluding hydrogens is 206 g/mol. The highest BCUT2D eigenvalue weighted by Gasteiger charge is 2.18. The molecule has 2 heterocycles. The van der Waals surface area contributed by atoms with E-state index < -0.39 is 0 Å². The van der Waals surface area contributed by atoms with Crippen LogP contribution in [0.25, 0.3) is 0 Å². The normalized spacial score (nSPS) is 18.6. The van der Waals surface area contributed by atoms with Crippen molar-refractivity contribution in [2.24, 2.45) is 0 Å². The molecule has 0 atom stereocenters. The Morgan fingerprint density at radius 1 is 1.31 bits per heavy atom. The van der Waals surface area contributed by atoms with Crippen LogP contribution in [0.2, 0.25) is 0 Å². The fourth-order valence-electron chi connectivity index (χ4n) is 1.80. The number of aromatic nitrogens is 2. The fourth-order valence-corrected chi connectivity index (χ4v) is 1.80. The standard InChI is InChI=1S/C10H17N5O/c1-15-4-2-7(3-5-15)16-9-6-8(11)13-10(12)14-9/h6-7H,2-5H2,1H3,(H4,11,12,13,14). The molecule has 16 heavy (non-hydrogen) atoms. The van der Waals surface area contributed by atoms with Crippen molar-refractivity contribution >= 4 is 11.8 Å². The summed E-state index contributed by atoms with van der Waals surface area (Å²) in [5.74, 6) is 0.970. The molecule has 6 nitrogen and oxygen atoms in total. The average Bonchev–Trinajstić information content (AvgIpc) is 2.20. The Bertz CT molecular complexity index is 342. The molecule has 0 aliphatic carbocycles. The van der Waals surface area contributed by atoms with Crippen molar-refractivity contribution in [2.75, 3.05) is 31.6 Å². The van der Waals surface area contributed by atoms with Gasteiger partial charge in [-0.3, -0.25) is 0 Å². The molecule has 0 amide bonds. The maximum Gasteiger partial charge on any atom is 0.225 e. The molecule has 0 radical (unpaired) electrons. The number of anilines is 2. The molecule has 1 fully saturated rings. The SMILES string of the molecule is CN1CCC(Oc2cc(N)nc(N)n2)CC1. The van der Waals surface area contributed by atoms with Crippen LogP contribution in [0, 0.1) is 0 Å². The first kappa shape index (κ1) is 10.9. The summed E-state index contributed by atoms with van der Waals surface area (Å²) in [6.45, 7) is 2.08. The van der Waals surface area contributed by atoms with E-state index in [-0.39, 0.29) is 12.1 Å². The molecule has 88 valence electrons. The summed E-state index contributed by atoms with van der Waals surface area (Å²) in [4.78, 5) is 10.1. The Hall–Kier alpha value is -1.56. The lowest BCUT2D eigenvalue weighted by molar-refractivity contribution is 0.110. The number of nitrogens with zero attached hydrogens (tertiary/aromatic N) is 3. The van der Waals surface area contributed by atoms with Gasteiger partial charge >= 0.3 is 0 Å². The van der Waals surface area contributed by atoms with Gasteiger partial charge in [-0.2, -0.15) is 9.97 Å². The van der Waals surface area contributed by atoms with Crippen LogP contribution in [0.1, 0.15) is 12.8 Å². The van der Waals surface area contributed by atoms with Gasteiger partial charge in [0.15, 0.2) is 0 Å². The van der Waals surface area contributed by atoms with E-state index in [9.17, 15) is 0 Å². The van der Waals surface area contributed by atoms with Crippen molar-refractivity contribution in [3.8, 4) is 5.88 Å². The second-order valence-electron chi connectivity index (χ2n) is 4.11. The lowest BCUT2D eigenvalue weighted by atomic mass is 10.1. The Morgan fingerprint density at radius 2 is 2.00 bits per heavy atom. The molecule has 0 unspecified atom stereocenters. The first-order chi connectivity index (χ1) is 7.63. The second-order valence-corrected chi connectivity index (χ2v) is 4.11. The van der Waals surface area contributed by atoms with Crippen LogP contribution in [-0.2, 0) is 0 Å². The Kier molecular flexibility index (Phi) is 3.09. The van der Waals surface area contributed by atoms with Crippen molar-refractivity contribution in [1.82, 2.24) is 14.9 Å². The third-order valence-electron chi connectivity index (χ3n) is 2.69. The van der Waals surface area contributed by atoms with Crippen LogP contribution in [-0.4, -0.2) is 41.1 Å². The quantitative estimate of drug-likeness (QED) is 0.739. The summed E-state index contributed by atoms with van der Waals surface area (Å²) < 4.78 is 5.73. The van der Waals surface area contributed by atoms with Crippen LogP contribution in [0.3, 0.4) is 0 Å². The fraction of sp³-hybridized carbons (Fsp3) is 0.600. The van der Waals surface area contributed by atoms with Gasteiger partial charge < -0.3 is 21.1 Å². The van der Waals surface area contributed by atoms with Crippen molar-refractivity contribution in [3.63, 3.8) is 0 Å². The summed E-state index contributed by atoms with van der Waals surface area (Å²) in [5.41, 5.74) is 11.1. The van der Waals surface area contributed by atoms with Crippen LogP contribution in [0.15, 0.2) is 6.07 Å². The Labute approximate surface area is 94.6 Å². The molecule has 4 N–H and O–H groups in total. The third kappa shape index (κ3) is 2.73. The van der Waals surface area contributed by atoms with Gasteiger partial charge in [-0.15, -0.1) is 0 Å². The highest BCUT2D eigenvalue weighted by molar-refractivity contribution is 5.38. The predicted octanol–water partition coefficient (Wildman–Crippen LogP) is 0.114. The number of nitrogens with two attached hydrogens (primary N) is 2. The number of rotatable bonds is 2. The minimum atomic E-state index is 0.155. The summed E-state index contributed by atoms with van der Waals surface area (Å²) in [7, 11) is 2.11. The van der Waals surface area contributed by atoms with Gasteiger partial charge in [0.2, 0.25) is 11.8 Å². The number of piperidine rings is 1. The number of hydrogen-bond acceptors (Lipinski definition) is 6. The summed E-state index contributed by atoms with van der Waals surface area (Å²) in [6, 6.07) is 1.61. The largest absolute Gasteiger partial charge is 0.474 e. The first-order valence-electron chi connectivity index (χ1n) is 5.39. The Balaban J connectivity index is 1.98. The van der Waals surface area contributed by atoms with Gasteiger partial charge in [0.25, 0.3) is 0 Å². The smallest absolute Gasteiger partial charge is 0.225 e. The first-order valence-corrected chi connectivity index (χ1v) is 5.39. The Morgan fingerprint density at radius 3 is 2.62 bits per heavy atom. The van der Waals surface area contributed by atoms with Crippen molar-refractivity contribution in [1.29, 1.82) is 0 Å². The summed E-state index contributed by atoms with van der Waals surface area (Å²) in [5, 5.41) is 0. The zero-order valence-electron chi connectivity index (χ0n) is 9.39. The van der Waals surface area contributed by atoms with Gasteiger partial charge in [0, 0.05) is 19.2 Å². The zero-order valence-corrected chi connectivity index (χ0v) is 9.39. The van der Waals surface area contributed by atoms with Crippen molar-refractivity contribution < 1.29 is 4.74 Å². The van der Waals surface area contributed by atoms with E-state index in [0.29, 0.717) is 11.7 Å². The molecule has 0 aromatic carbocycles. The van der Waals surface area contributed by atoms with Crippen molar-refractivity contribution in [3.05, 3.63) is 6.07 Å². The van der Waals surface area contributed by atoms with E-state index in [1.165, 1.54) is 0 Å². The molecule has 0 bridgehead atoms. The maximum absolute atomic E-state index is 5.73. The van der Waals surface area contributed by atoms with E-state index in [0.717, 1.165) is 25.9 Å². The zero-order chi connectivity index (χ0) is 11.5. The van der Waals surface area contributed by atoms with E-state index in [1.807, 2.05) is 0 Å². The number of hydrogen-bond donors (Lipinski definition) is 2. The number of ether oxygens (including phenoxy) is 1. The summed E-state index contributed by atoms with van der Waals surface area (Å²) >= 11 is 0. The van der Waals surface area contributed by atoms with Crippen LogP contribution >= 0.6 is 0 Å². The lowest BCUT2D eigenvalue weighted by Gasteiger charge is -2.28. The van der Waals surface area contributed by atoms with Crippen molar-refractivity contribution in [2.45, 2.75) is 18.9 Å². The molecule has 1 aliphatic rings. The van der Waals surface area contributed by atoms with Crippen LogP contribution in [0.4, 0.5) is 11.8 Å². The molecule has 1 saturated heterocycles. The monoisotopic (exact) mass is 223 g/mol. The molecule has 1 aromatic rings. The van der Waals surface area contributed by atoms with Gasteiger partial charge in [-0.25, -0.2) is 0 Å². The molecule has 2 rings (SSSR count). The number of likely N-dealkylation sites (tertiary alicyclic amines) is 1. The van der Waals surface area contributed by atoms with E-state index in [1.54, 1.807) is 6.07 Å². The van der Waals surface area contributed by atoms with E-state index in [2.05, 4.69) is 21.9 Å². The molecule has 6 heteroatoms. The topological polar surface area (TPSA) is 90.3 Å². The lowest BCUT2D eigenvalue weighted by Crippen LogP contribution is -2.35. The molecule has 1 aromatic heterocycles. The molecular formula is C10H17N5O. The maximum atomic E-state index is 5.73. The highest BCUT2D eigenvalue weighted by atomic mass is 16.5. The molecule has 0 spiro atoms. The van der Waals surface area contributed by atoms with E-state index >= 15 is 0 Å². The average molecular weight is 223 g/mol. The van der Waals surface area contributed by atoms with Crippen LogP contribution < -0.4 is 16.2 Å². The van der Waals surface area contributed by atoms with Gasteiger partial charge in [-0.05, 0) is 19.9 Å². The van der Waals surface area contributed by atoms with Gasteiger partial charge in [0.1, 0.15) is 11.9 Å². The summed E-state index contributed by atoms with van der Waals surface area (Å²) in [6.07, 6.45) is 2.20. The highest BCUT2D eigenvalue weighted by Crippen LogP contribution is 2.18. The van der Waals surface area contributed by atoms with Gasteiger partial charge in [-0.1, -0.05) is 0 Å². The molecule has 1 aliphatic heterocycles. The minimum Gasteiger partial charge on any atom is -0.474 e. The molecule has 0 saturated carbocycles. The predicted molar refractivity (Wildman–Crippen MR) is 62.0 cm³/mol.